The van der Waals surface area contributed by atoms with E-state index >= 15 is 0 Å². The second-order valence-electron chi connectivity index (χ2n) is 6.81. The molecule has 0 amide bonds. The van der Waals surface area contributed by atoms with Gasteiger partial charge < -0.3 is 5.32 Å². The van der Waals surface area contributed by atoms with Crippen molar-refractivity contribution in [3.63, 3.8) is 0 Å². The van der Waals surface area contributed by atoms with E-state index in [9.17, 15) is 14.9 Å². The van der Waals surface area contributed by atoms with Crippen molar-refractivity contribution in [2.75, 3.05) is 5.32 Å². The number of nitro benzene ring substituents is 1. The van der Waals surface area contributed by atoms with E-state index in [1.807, 2.05) is 17.5 Å². The molecule has 0 saturated carbocycles. The monoisotopic (exact) mass is 393 g/mol. The fraction of sp³-hybridized carbons (Fsp3) is 0.211. The van der Waals surface area contributed by atoms with Gasteiger partial charge in [-0.3, -0.25) is 14.9 Å². The van der Waals surface area contributed by atoms with E-state index in [2.05, 4.69) is 15.4 Å². The topological polar surface area (TPSA) is 103 Å². The molecule has 8 nitrogen and oxygen atoms in total. The second-order valence-corrected chi connectivity index (χ2v) is 7.79. The maximum atomic E-state index is 13.2. The van der Waals surface area contributed by atoms with Crippen molar-refractivity contribution in [3.8, 4) is 0 Å². The summed E-state index contributed by atoms with van der Waals surface area (Å²) in [4.78, 5) is 29.8. The standard InChI is InChI=1S/C19H15N5O3S/c25-15-9-11(16-6-3-7-28-16)8-13-17(15)18(23-19(22-13)20-10-21-23)12-4-1-2-5-14(12)24(26)27/h1-7,10-11,18H,8-9H2,(H,20,21,22)/t11-,18-/m1/s1. The van der Waals surface area contributed by atoms with Crippen molar-refractivity contribution in [2.24, 2.45) is 0 Å². The van der Waals surface area contributed by atoms with Gasteiger partial charge >= 0.3 is 0 Å². The first-order chi connectivity index (χ1) is 13.6. The number of rotatable bonds is 3. The average molecular weight is 393 g/mol. The quantitative estimate of drug-likeness (QED) is 0.538. The number of ketones is 1. The molecule has 0 fully saturated rings. The summed E-state index contributed by atoms with van der Waals surface area (Å²) < 4.78 is 1.56. The number of hydrogen-bond acceptors (Lipinski definition) is 7. The minimum absolute atomic E-state index is 0.0172. The number of aromatic nitrogens is 3. The Kier molecular flexibility index (Phi) is 3.83. The lowest BCUT2D eigenvalue weighted by molar-refractivity contribution is -0.385. The van der Waals surface area contributed by atoms with Crippen molar-refractivity contribution in [1.82, 2.24) is 14.8 Å². The van der Waals surface area contributed by atoms with Gasteiger partial charge in [0.15, 0.2) is 5.78 Å². The summed E-state index contributed by atoms with van der Waals surface area (Å²) in [7, 11) is 0. The highest BCUT2D eigenvalue weighted by Gasteiger charge is 2.41. The molecule has 0 unspecified atom stereocenters. The van der Waals surface area contributed by atoms with Crippen molar-refractivity contribution >= 4 is 28.8 Å². The SMILES string of the molecule is O=C1C[C@H](c2cccs2)CC2=C1[C@@H](c1ccccc1[N+](=O)[O-])n1ncnc1N2. The first kappa shape index (κ1) is 16.8. The van der Waals surface area contributed by atoms with Crippen molar-refractivity contribution in [1.29, 1.82) is 0 Å². The normalized spacial score (nSPS) is 21.1. The third-order valence-electron chi connectivity index (χ3n) is 5.24. The van der Waals surface area contributed by atoms with Gasteiger partial charge in [-0.05, 0) is 23.9 Å². The van der Waals surface area contributed by atoms with Crippen LogP contribution in [0, 0.1) is 10.1 Å². The number of anilines is 1. The minimum atomic E-state index is -0.660. The summed E-state index contributed by atoms with van der Waals surface area (Å²) in [6.07, 6.45) is 2.43. The highest BCUT2D eigenvalue weighted by atomic mass is 32.1. The Balaban J connectivity index is 1.67. The molecule has 0 bridgehead atoms. The van der Waals surface area contributed by atoms with Crippen molar-refractivity contribution in [2.45, 2.75) is 24.8 Å². The van der Waals surface area contributed by atoms with Crippen LogP contribution in [0.25, 0.3) is 0 Å². The van der Waals surface area contributed by atoms with E-state index < -0.39 is 11.0 Å². The first-order valence-electron chi connectivity index (χ1n) is 8.83. The van der Waals surface area contributed by atoms with E-state index in [0.29, 0.717) is 29.9 Å². The molecule has 1 aromatic carbocycles. The minimum Gasteiger partial charge on any atom is -0.328 e. The second kappa shape index (κ2) is 6.38. The van der Waals surface area contributed by atoms with Gasteiger partial charge in [-0.25, -0.2) is 4.68 Å². The smallest absolute Gasteiger partial charge is 0.275 e. The van der Waals surface area contributed by atoms with Crippen LogP contribution in [0.1, 0.15) is 35.2 Å². The third-order valence-corrected chi connectivity index (χ3v) is 6.27. The molecule has 0 spiro atoms. The Morgan fingerprint density at radius 3 is 2.86 bits per heavy atom. The summed E-state index contributed by atoms with van der Waals surface area (Å²) >= 11 is 1.64. The van der Waals surface area contributed by atoms with Crippen LogP contribution in [0.15, 0.2) is 59.4 Å². The number of nitrogens with zero attached hydrogens (tertiary/aromatic N) is 4. The third kappa shape index (κ3) is 2.55. The lowest BCUT2D eigenvalue weighted by Crippen LogP contribution is -2.33. The van der Waals surface area contributed by atoms with Crippen LogP contribution in [0.4, 0.5) is 11.6 Å². The molecule has 2 aromatic heterocycles. The average Bonchev–Trinajstić information content (AvgIpc) is 3.38. The Morgan fingerprint density at radius 1 is 1.21 bits per heavy atom. The number of benzene rings is 1. The van der Waals surface area contributed by atoms with E-state index in [4.69, 9.17) is 0 Å². The highest BCUT2D eigenvalue weighted by Crippen LogP contribution is 2.45. The Labute approximate surface area is 163 Å². The van der Waals surface area contributed by atoms with Crippen LogP contribution in [0.2, 0.25) is 0 Å². The van der Waals surface area contributed by atoms with Gasteiger partial charge in [0.1, 0.15) is 12.4 Å². The number of carbonyl (C=O) groups excluding carboxylic acids is 1. The summed E-state index contributed by atoms with van der Waals surface area (Å²) in [6, 6.07) is 9.86. The molecule has 28 heavy (non-hydrogen) atoms. The van der Waals surface area contributed by atoms with Crippen LogP contribution in [-0.4, -0.2) is 25.5 Å². The Hall–Kier alpha value is -3.33. The summed E-state index contributed by atoms with van der Waals surface area (Å²) in [5, 5.41) is 21.1. The number of nitro groups is 1. The molecule has 1 aliphatic heterocycles. The molecule has 1 aliphatic carbocycles. The zero-order chi connectivity index (χ0) is 19.3. The maximum absolute atomic E-state index is 13.2. The number of fused-ring (bicyclic) bond motifs is 1. The summed E-state index contributed by atoms with van der Waals surface area (Å²) in [5.74, 6) is 0.567. The molecule has 5 rings (SSSR count). The van der Waals surface area contributed by atoms with Crippen LogP contribution in [0.5, 0.6) is 0 Å². The predicted octanol–water partition coefficient (Wildman–Crippen LogP) is 3.66. The fourth-order valence-corrected chi connectivity index (χ4v) is 4.88. The molecular formula is C19H15N5O3S. The van der Waals surface area contributed by atoms with Crippen molar-refractivity contribution in [3.05, 3.63) is 79.9 Å². The molecule has 0 saturated heterocycles. The van der Waals surface area contributed by atoms with Gasteiger partial charge in [0.2, 0.25) is 5.95 Å². The van der Waals surface area contributed by atoms with Gasteiger partial charge in [0, 0.05) is 34.6 Å². The van der Waals surface area contributed by atoms with E-state index in [-0.39, 0.29) is 17.4 Å². The molecule has 0 radical (unpaired) electrons. The van der Waals surface area contributed by atoms with Gasteiger partial charge in [-0.15, -0.1) is 11.3 Å². The molecule has 1 N–H and O–H groups in total. The fourth-order valence-electron chi connectivity index (χ4n) is 4.05. The van der Waals surface area contributed by atoms with E-state index in [1.54, 1.807) is 34.2 Å². The lowest BCUT2D eigenvalue weighted by atomic mass is 9.79. The van der Waals surface area contributed by atoms with Crippen molar-refractivity contribution < 1.29 is 9.72 Å². The molecule has 140 valence electrons. The number of allylic oxidation sites excluding steroid dienone is 2. The maximum Gasteiger partial charge on any atom is 0.275 e. The Bertz CT molecular complexity index is 1120. The molecule has 3 aromatic rings. The van der Waals surface area contributed by atoms with E-state index in [0.717, 1.165) is 10.6 Å². The number of para-hydroxylation sites is 1. The highest BCUT2D eigenvalue weighted by molar-refractivity contribution is 7.10. The van der Waals surface area contributed by atoms with Crippen LogP contribution >= 0.6 is 11.3 Å². The van der Waals surface area contributed by atoms with Gasteiger partial charge in [0.25, 0.3) is 5.69 Å². The number of thiophene rings is 1. The first-order valence-corrected chi connectivity index (χ1v) is 9.71. The number of nitrogens with one attached hydrogen (secondary N) is 1. The predicted molar refractivity (Wildman–Crippen MR) is 103 cm³/mol. The van der Waals surface area contributed by atoms with Crippen LogP contribution in [0.3, 0.4) is 0 Å². The number of hydrogen-bond donors (Lipinski definition) is 1. The number of carbonyl (C=O) groups is 1. The zero-order valence-electron chi connectivity index (χ0n) is 14.6. The Morgan fingerprint density at radius 2 is 2.07 bits per heavy atom. The van der Waals surface area contributed by atoms with Gasteiger partial charge in [0.05, 0.1) is 10.5 Å². The van der Waals surface area contributed by atoms with E-state index in [1.165, 1.54) is 12.4 Å². The van der Waals surface area contributed by atoms with Crippen LogP contribution < -0.4 is 5.32 Å². The summed E-state index contributed by atoms with van der Waals surface area (Å²) in [6.45, 7) is 0. The summed E-state index contributed by atoms with van der Waals surface area (Å²) in [5.41, 5.74) is 1.73. The lowest BCUT2D eigenvalue weighted by Gasteiger charge is -2.34. The van der Waals surface area contributed by atoms with Gasteiger partial charge in [-0.1, -0.05) is 18.2 Å². The zero-order valence-corrected chi connectivity index (χ0v) is 15.4. The molecule has 3 heterocycles. The molecule has 9 heteroatoms. The molecule has 2 atom stereocenters. The van der Waals surface area contributed by atoms with Gasteiger partial charge in [-0.2, -0.15) is 10.1 Å². The number of Topliss-reactive ketones (excluding diaryl/α,β-unsaturated/α-hetero) is 1. The molecule has 2 aliphatic rings. The molecular weight excluding hydrogens is 378 g/mol. The van der Waals surface area contributed by atoms with Crippen LogP contribution in [-0.2, 0) is 4.79 Å². The largest absolute Gasteiger partial charge is 0.328 e.